The third kappa shape index (κ3) is 10.6. The van der Waals surface area contributed by atoms with Crippen LogP contribution in [0, 0.1) is 6.92 Å². The third-order valence-electron chi connectivity index (χ3n) is 4.58. The second kappa shape index (κ2) is 14.1. The first-order valence-corrected chi connectivity index (χ1v) is 14.3. The highest BCUT2D eigenvalue weighted by molar-refractivity contribution is 9.10. The molecule has 200 valence electrons. The molecule has 0 amide bonds. The lowest BCUT2D eigenvalue weighted by atomic mass is 10.2. The normalized spacial score (nSPS) is 11.8. The van der Waals surface area contributed by atoms with Gasteiger partial charge < -0.3 is 19.5 Å². The number of carbonyl (C=O) groups is 1. The Morgan fingerprint density at radius 3 is 2.53 bits per heavy atom. The minimum absolute atomic E-state index is 0.0150. The van der Waals surface area contributed by atoms with Crippen molar-refractivity contribution in [3.63, 3.8) is 0 Å². The van der Waals surface area contributed by atoms with Gasteiger partial charge in [-0.2, -0.15) is 0 Å². The molecule has 0 heterocycles. The number of ether oxygens (including phenoxy) is 3. The van der Waals surface area contributed by atoms with E-state index in [4.69, 9.17) is 9.47 Å². The Bertz CT molecular complexity index is 1130. The number of rotatable bonds is 14. The second-order valence-electron chi connectivity index (χ2n) is 7.43. The summed E-state index contributed by atoms with van der Waals surface area (Å²) in [5.41, 5.74) is 0.895. The molecule has 0 radical (unpaired) electrons. The van der Waals surface area contributed by atoms with Crippen molar-refractivity contribution < 1.29 is 40.6 Å². The van der Waals surface area contributed by atoms with E-state index >= 15 is 0 Å². The molecule has 0 bridgehead atoms. The van der Waals surface area contributed by atoms with Crippen molar-refractivity contribution in [3.8, 4) is 11.5 Å². The Hall–Kier alpha value is -1.96. The van der Waals surface area contributed by atoms with Crippen molar-refractivity contribution in [2.24, 2.45) is 0 Å². The summed E-state index contributed by atoms with van der Waals surface area (Å²) in [6, 6.07) is 8.71. The predicted octanol–water partition coefficient (Wildman–Crippen LogP) is 5.14. The first-order valence-electron chi connectivity index (χ1n) is 10.9. The van der Waals surface area contributed by atoms with Gasteiger partial charge in [0.25, 0.3) is 0 Å². The fourth-order valence-electron chi connectivity index (χ4n) is 3.01. The highest BCUT2D eigenvalue weighted by Crippen LogP contribution is 2.31. The molecule has 0 saturated carbocycles. The van der Waals surface area contributed by atoms with Gasteiger partial charge in [0.05, 0.1) is 17.3 Å². The van der Waals surface area contributed by atoms with Gasteiger partial charge in [-0.25, -0.2) is 13.2 Å². The van der Waals surface area contributed by atoms with Gasteiger partial charge in [0.15, 0.2) is 16.4 Å². The summed E-state index contributed by atoms with van der Waals surface area (Å²) in [6.07, 6.45) is -4.52. The van der Waals surface area contributed by atoms with Gasteiger partial charge in [0.2, 0.25) is 0 Å². The quantitative estimate of drug-likeness (QED) is 0.178. The molecule has 7 nitrogen and oxygen atoms in total. The molecule has 36 heavy (non-hydrogen) atoms. The average molecular weight is 615 g/mol. The molecule has 13 heteroatoms. The van der Waals surface area contributed by atoms with Gasteiger partial charge >= 0.3 is 12.3 Å². The number of sulfone groups is 1. The van der Waals surface area contributed by atoms with Crippen LogP contribution in [0.2, 0.25) is 0 Å². The minimum atomic E-state index is -4.86. The summed E-state index contributed by atoms with van der Waals surface area (Å²) < 4.78 is 76.2. The van der Waals surface area contributed by atoms with E-state index in [1.807, 2.05) is 19.1 Å². The second-order valence-corrected chi connectivity index (χ2v) is 11.5. The van der Waals surface area contributed by atoms with Crippen LogP contribution < -0.4 is 14.8 Å². The molecule has 0 aliphatic rings. The highest BCUT2D eigenvalue weighted by atomic mass is 79.9. The van der Waals surface area contributed by atoms with E-state index < -0.39 is 27.9 Å². The fourth-order valence-corrected chi connectivity index (χ4v) is 6.39. The smallest absolute Gasteiger partial charge is 0.482 e. The molecule has 0 saturated heterocycles. The number of aryl methyl sites for hydroxylation is 1. The monoisotopic (exact) mass is 613 g/mol. The summed E-state index contributed by atoms with van der Waals surface area (Å²) in [4.78, 5) is 12.4. The summed E-state index contributed by atoms with van der Waals surface area (Å²) in [6.45, 7) is 4.89. The molecule has 1 N–H and O–H groups in total. The van der Waals surface area contributed by atoms with Gasteiger partial charge in [-0.15, -0.1) is 24.9 Å². The van der Waals surface area contributed by atoms with E-state index in [1.165, 1.54) is 0 Å². The third-order valence-corrected chi connectivity index (χ3v) is 8.35. The first-order chi connectivity index (χ1) is 16.9. The lowest BCUT2D eigenvalue weighted by Gasteiger charge is -2.12. The zero-order valence-corrected chi connectivity index (χ0v) is 22.9. The van der Waals surface area contributed by atoms with Gasteiger partial charge in [0.1, 0.15) is 11.5 Å². The van der Waals surface area contributed by atoms with Crippen LogP contribution in [0.15, 0.2) is 50.7 Å². The summed E-state index contributed by atoms with van der Waals surface area (Å²) in [5.74, 6) is 0.289. The van der Waals surface area contributed by atoms with Crippen LogP contribution in [0.1, 0.15) is 18.9 Å². The molecule has 2 rings (SSSR count). The lowest BCUT2D eigenvalue weighted by Crippen LogP contribution is -2.21. The van der Waals surface area contributed by atoms with E-state index in [0.717, 1.165) is 34.4 Å². The Kier molecular flexibility index (Phi) is 11.9. The number of esters is 1. The summed E-state index contributed by atoms with van der Waals surface area (Å²) in [5, 5.41) is 3.18. The van der Waals surface area contributed by atoms with Crippen molar-refractivity contribution in [1.29, 1.82) is 0 Å². The van der Waals surface area contributed by atoms with E-state index in [0.29, 0.717) is 31.9 Å². The number of benzene rings is 2. The van der Waals surface area contributed by atoms with Crippen LogP contribution in [0.25, 0.3) is 0 Å². The Morgan fingerprint density at radius 1 is 1.14 bits per heavy atom. The van der Waals surface area contributed by atoms with Crippen molar-refractivity contribution in [2.75, 3.05) is 37.8 Å². The van der Waals surface area contributed by atoms with Gasteiger partial charge in [-0.1, -0.05) is 0 Å². The lowest BCUT2D eigenvalue weighted by molar-refractivity contribution is -0.274. The molecular formula is C23H27BrF3NO6S2. The zero-order valence-electron chi connectivity index (χ0n) is 19.7. The molecule has 0 atom stereocenters. The molecule has 0 aromatic heterocycles. The maximum Gasteiger partial charge on any atom is 0.573 e. The van der Waals surface area contributed by atoms with Gasteiger partial charge in [0, 0.05) is 21.7 Å². The van der Waals surface area contributed by atoms with Crippen molar-refractivity contribution in [3.05, 3.63) is 46.4 Å². The molecule has 0 unspecified atom stereocenters. The van der Waals surface area contributed by atoms with Crippen molar-refractivity contribution >= 4 is 43.5 Å². The van der Waals surface area contributed by atoms with E-state index in [-0.39, 0.29) is 21.7 Å². The highest BCUT2D eigenvalue weighted by Gasteiger charge is 2.31. The summed E-state index contributed by atoms with van der Waals surface area (Å²) in [7, 11) is -3.68. The van der Waals surface area contributed by atoms with E-state index in [1.54, 1.807) is 24.8 Å². The Labute approximate surface area is 221 Å². The first kappa shape index (κ1) is 30.3. The van der Waals surface area contributed by atoms with E-state index in [2.05, 4.69) is 26.0 Å². The number of hydrogen-bond acceptors (Lipinski definition) is 8. The van der Waals surface area contributed by atoms with Gasteiger partial charge in [-0.3, -0.25) is 0 Å². The molecule has 0 aliphatic heterocycles. The predicted molar refractivity (Wildman–Crippen MR) is 134 cm³/mol. The number of nitrogens with one attached hydrogen (secondary N) is 1. The molecular weight excluding hydrogens is 587 g/mol. The SMILES string of the molecule is CCOC(=O)COc1ccc(SCCNCCCS(=O)(=O)c2ccc(OC(F)(F)F)cc2Br)cc1C. The molecule has 2 aromatic rings. The van der Waals surface area contributed by atoms with Crippen LogP contribution in [0.3, 0.4) is 0 Å². The summed E-state index contributed by atoms with van der Waals surface area (Å²) >= 11 is 4.63. The number of halogens is 4. The molecule has 0 spiro atoms. The van der Waals surface area contributed by atoms with Crippen LogP contribution >= 0.6 is 27.7 Å². The fraction of sp³-hybridized carbons (Fsp3) is 0.435. The van der Waals surface area contributed by atoms with Crippen molar-refractivity contribution in [1.82, 2.24) is 5.32 Å². The largest absolute Gasteiger partial charge is 0.573 e. The average Bonchev–Trinajstić information content (AvgIpc) is 2.76. The number of carbonyl (C=O) groups excluding carboxylic acids is 1. The van der Waals surface area contributed by atoms with Crippen molar-refractivity contribution in [2.45, 2.75) is 36.4 Å². The van der Waals surface area contributed by atoms with Crippen LogP contribution in [0.4, 0.5) is 13.2 Å². The molecule has 0 aliphatic carbocycles. The number of alkyl halides is 3. The number of hydrogen-bond donors (Lipinski definition) is 1. The maximum atomic E-state index is 12.5. The number of thioether (sulfide) groups is 1. The van der Waals surface area contributed by atoms with Crippen LogP contribution in [-0.4, -0.2) is 58.6 Å². The zero-order chi connectivity index (χ0) is 26.8. The van der Waals surface area contributed by atoms with Crippen LogP contribution in [0.5, 0.6) is 11.5 Å². The maximum absolute atomic E-state index is 12.5. The van der Waals surface area contributed by atoms with Crippen LogP contribution in [-0.2, 0) is 19.4 Å². The Balaban J connectivity index is 1.71. The topological polar surface area (TPSA) is 90.9 Å². The standard InChI is InChI=1S/C23H27BrF3NO6S2/c1-3-32-22(29)15-33-20-7-6-18(13-16(20)2)35-11-10-28-9-4-12-36(30,31)21-8-5-17(14-19(21)24)34-23(25,26)27/h5-8,13-14,28H,3-4,9-12,15H2,1-2H3. The Morgan fingerprint density at radius 2 is 1.89 bits per heavy atom. The van der Waals surface area contributed by atoms with E-state index in [9.17, 15) is 26.4 Å². The molecule has 0 fully saturated rings. The minimum Gasteiger partial charge on any atom is -0.482 e. The molecule has 2 aromatic carbocycles. The van der Waals surface area contributed by atoms with Gasteiger partial charge in [-0.05, 0) is 84.7 Å².